The number of aliphatic carboxylic acids is 1. The van der Waals surface area contributed by atoms with Crippen LogP contribution in [0.15, 0.2) is 24.3 Å². The van der Waals surface area contributed by atoms with Crippen LogP contribution < -0.4 is 10.1 Å². The van der Waals surface area contributed by atoms with Gasteiger partial charge in [0, 0.05) is 26.2 Å². The van der Waals surface area contributed by atoms with Gasteiger partial charge in [0.25, 0.3) is 0 Å². The first kappa shape index (κ1) is 15.7. The molecule has 0 bridgehead atoms. The number of halogens is 2. The summed E-state index contributed by atoms with van der Waals surface area (Å²) in [7, 11) is 0. The number of carboxylic acid groups (broad SMARTS) is 1. The van der Waals surface area contributed by atoms with E-state index in [1.807, 2.05) is 4.90 Å². The number of hydrogen-bond donors (Lipinski definition) is 2. The van der Waals surface area contributed by atoms with E-state index in [9.17, 15) is 18.7 Å². The number of ether oxygens (including phenoxy) is 1. The van der Waals surface area contributed by atoms with E-state index in [1.165, 1.54) is 24.3 Å². The fraction of sp³-hybridized carbons (Fsp3) is 0.500. The molecule has 0 amide bonds. The van der Waals surface area contributed by atoms with Crippen molar-refractivity contribution in [2.45, 2.75) is 19.1 Å². The zero-order valence-electron chi connectivity index (χ0n) is 11.7. The van der Waals surface area contributed by atoms with Crippen molar-refractivity contribution in [3.63, 3.8) is 0 Å². The third kappa shape index (κ3) is 3.30. The molecule has 1 atom stereocenters. The second-order valence-electron chi connectivity index (χ2n) is 5.02. The number of benzene rings is 1. The van der Waals surface area contributed by atoms with E-state index in [2.05, 4.69) is 10.1 Å². The maximum atomic E-state index is 12.1. The van der Waals surface area contributed by atoms with Crippen LogP contribution in [-0.2, 0) is 10.3 Å². The van der Waals surface area contributed by atoms with E-state index in [1.54, 1.807) is 6.92 Å². The van der Waals surface area contributed by atoms with Gasteiger partial charge in [-0.1, -0.05) is 12.1 Å². The van der Waals surface area contributed by atoms with Crippen LogP contribution >= 0.6 is 0 Å². The Kier molecular flexibility index (Phi) is 4.74. The third-order valence-electron chi connectivity index (χ3n) is 3.81. The number of nitrogens with one attached hydrogen (secondary N) is 1. The number of carbonyl (C=O) groups is 1. The SMILES string of the molecule is CC(C(=O)O)(c1ccc(OC(F)F)cc1)N1CCNCC1. The number of rotatable bonds is 5. The van der Waals surface area contributed by atoms with Gasteiger partial charge in [-0.3, -0.25) is 4.90 Å². The van der Waals surface area contributed by atoms with Gasteiger partial charge < -0.3 is 15.2 Å². The molecule has 0 spiro atoms. The van der Waals surface area contributed by atoms with Gasteiger partial charge in [-0.15, -0.1) is 0 Å². The van der Waals surface area contributed by atoms with Crippen LogP contribution in [-0.4, -0.2) is 48.8 Å². The highest BCUT2D eigenvalue weighted by Gasteiger charge is 2.41. The Balaban J connectivity index is 2.27. The van der Waals surface area contributed by atoms with E-state index in [-0.39, 0.29) is 5.75 Å². The highest BCUT2D eigenvalue weighted by atomic mass is 19.3. The first-order valence-corrected chi connectivity index (χ1v) is 6.69. The van der Waals surface area contributed by atoms with Gasteiger partial charge >= 0.3 is 12.6 Å². The lowest BCUT2D eigenvalue weighted by Crippen LogP contribution is -2.56. The van der Waals surface area contributed by atoms with Crippen molar-refractivity contribution < 1.29 is 23.4 Å². The number of carboxylic acids is 1. The third-order valence-corrected chi connectivity index (χ3v) is 3.81. The van der Waals surface area contributed by atoms with Gasteiger partial charge in [0.2, 0.25) is 0 Å². The van der Waals surface area contributed by atoms with E-state index < -0.39 is 18.1 Å². The summed E-state index contributed by atoms with van der Waals surface area (Å²) in [5.41, 5.74) is -0.649. The lowest BCUT2D eigenvalue weighted by Gasteiger charge is -2.40. The van der Waals surface area contributed by atoms with Gasteiger partial charge in [0.05, 0.1) is 0 Å². The van der Waals surface area contributed by atoms with Gasteiger partial charge in [-0.2, -0.15) is 8.78 Å². The van der Waals surface area contributed by atoms with Gasteiger partial charge in [0.1, 0.15) is 11.3 Å². The first-order chi connectivity index (χ1) is 9.94. The monoisotopic (exact) mass is 300 g/mol. The molecule has 0 saturated carbocycles. The zero-order chi connectivity index (χ0) is 15.5. The summed E-state index contributed by atoms with van der Waals surface area (Å²) < 4.78 is 28.6. The lowest BCUT2D eigenvalue weighted by atomic mass is 9.89. The van der Waals surface area contributed by atoms with Crippen molar-refractivity contribution in [1.82, 2.24) is 10.2 Å². The van der Waals surface area contributed by atoms with Gasteiger partial charge in [0.15, 0.2) is 0 Å². The molecule has 7 heteroatoms. The molecule has 1 aromatic carbocycles. The molecule has 1 aliphatic heterocycles. The van der Waals surface area contributed by atoms with Crippen molar-refractivity contribution in [3.8, 4) is 5.75 Å². The maximum Gasteiger partial charge on any atom is 0.387 e. The standard InChI is InChI=1S/C14H18F2N2O3/c1-14(12(19)20,18-8-6-17-7-9-18)10-2-4-11(5-3-10)21-13(15)16/h2-5,13,17H,6-9H2,1H3,(H,19,20). The van der Waals surface area contributed by atoms with Gasteiger partial charge in [-0.25, -0.2) is 4.79 Å². The molecule has 1 aromatic rings. The molecule has 21 heavy (non-hydrogen) atoms. The van der Waals surface area contributed by atoms with Crippen LogP contribution in [0.5, 0.6) is 5.75 Å². The summed E-state index contributed by atoms with van der Waals surface area (Å²) in [5.74, 6) is -0.950. The fourth-order valence-corrected chi connectivity index (χ4v) is 2.51. The molecule has 2 N–H and O–H groups in total. The molecule has 0 radical (unpaired) electrons. The normalized spacial score (nSPS) is 19.2. The van der Waals surface area contributed by atoms with E-state index in [0.29, 0.717) is 18.7 Å². The molecule has 116 valence electrons. The molecule has 0 aliphatic carbocycles. The Labute approximate surface area is 121 Å². The molecule has 1 heterocycles. The Hall–Kier alpha value is -1.73. The van der Waals surface area contributed by atoms with Crippen LogP contribution in [0.3, 0.4) is 0 Å². The van der Waals surface area contributed by atoms with Crippen molar-refractivity contribution in [2.75, 3.05) is 26.2 Å². The molecule has 1 unspecified atom stereocenters. The van der Waals surface area contributed by atoms with Crippen molar-refractivity contribution in [1.29, 1.82) is 0 Å². The van der Waals surface area contributed by atoms with Gasteiger partial charge in [-0.05, 0) is 24.6 Å². The minimum atomic E-state index is -2.89. The summed E-state index contributed by atoms with van der Waals surface area (Å²) in [6.07, 6.45) is 0. The molecule has 5 nitrogen and oxygen atoms in total. The highest BCUT2D eigenvalue weighted by molar-refractivity contribution is 5.80. The molecule has 1 saturated heterocycles. The number of piperazine rings is 1. The van der Waals surface area contributed by atoms with E-state index in [4.69, 9.17) is 0 Å². The molecular weight excluding hydrogens is 282 g/mol. The summed E-state index contributed by atoms with van der Waals surface area (Å²) in [6, 6.07) is 5.78. The zero-order valence-corrected chi connectivity index (χ0v) is 11.7. The number of alkyl halides is 2. The molecule has 2 rings (SSSR count). The summed E-state index contributed by atoms with van der Waals surface area (Å²) in [6.45, 7) is 1.39. The maximum absolute atomic E-state index is 12.1. The molecule has 0 aromatic heterocycles. The molecule has 1 fully saturated rings. The predicted octanol–water partition coefficient (Wildman–Crippen LogP) is 1.49. The second kappa shape index (κ2) is 6.36. The van der Waals surface area contributed by atoms with Crippen LogP contribution in [0.25, 0.3) is 0 Å². The van der Waals surface area contributed by atoms with Crippen LogP contribution in [0.4, 0.5) is 8.78 Å². The summed E-state index contributed by atoms with van der Waals surface area (Å²) in [4.78, 5) is 13.6. The highest BCUT2D eigenvalue weighted by Crippen LogP contribution is 2.30. The van der Waals surface area contributed by atoms with E-state index in [0.717, 1.165) is 13.1 Å². The smallest absolute Gasteiger partial charge is 0.387 e. The minimum absolute atomic E-state index is 0.0156. The van der Waals surface area contributed by atoms with Crippen LogP contribution in [0.2, 0.25) is 0 Å². The average Bonchev–Trinajstić information content (AvgIpc) is 2.47. The average molecular weight is 300 g/mol. The minimum Gasteiger partial charge on any atom is -0.480 e. The molecular formula is C14H18F2N2O3. The fourth-order valence-electron chi connectivity index (χ4n) is 2.51. The van der Waals surface area contributed by atoms with Crippen molar-refractivity contribution in [2.24, 2.45) is 0 Å². The predicted molar refractivity (Wildman–Crippen MR) is 72.5 cm³/mol. The molecule has 1 aliphatic rings. The van der Waals surface area contributed by atoms with Crippen LogP contribution in [0.1, 0.15) is 12.5 Å². The number of nitrogens with zero attached hydrogens (tertiary/aromatic N) is 1. The quantitative estimate of drug-likeness (QED) is 0.863. The topological polar surface area (TPSA) is 61.8 Å². The van der Waals surface area contributed by atoms with Crippen LogP contribution in [0, 0.1) is 0 Å². The van der Waals surface area contributed by atoms with Crippen molar-refractivity contribution >= 4 is 5.97 Å². The van der Waals surface area contributed by atoms with E-state index >= 15 is 0 Å². The Bertz CT molecular complexity index is 489. The lowest BCUT2D eigenvalue weighted by molar-refractivity contribution is -0.151. The second-order valence-corrected chi connectivity index (χ2v) is 5.02. The van der Waals surface area contributed by atoms with Crippen molar-refractivity contribution in [3.05, 3.63) is 29.8 Å². The Morgan fingerprint density at radius 3 is 2.38 bits per heavy atom. The first-order valence-electron chi connectivity index (χ1n) is 6.69. The summed E-state index contributed by atoms with van der Waals surface area (Å²) >= 11 is 0. The largest absolute Gasteiger partial charge is 0.480 e. The Morgan fingerprint density at radius 1 is 1.33 bits per heavy atom. The number of hydrogen-bond acceptors (Lipinski definition) is 4. The summed E-state index contributed by atoms with van der Waals surface area (Å²) in [5, 5.41) is 12.8. The Morgan fingerprint density at radius 2 is 1.90 bits per heavy atom.